The van der Waals surface area contributed by atoms with E-state index < -0.39 is 0 Å². The topological polar surface area (TPSA) is 73.4 Å². The van der Waals surface area contributed by atoms with Crippen molar-refractivity contribution in [3.05, 3.63) is 11.9 Å². The molecular formula is C20H32N6O. The number of nitrogens with one attached hydrogen (secondary N) is 2. The first-order valence-electron chi connectivity index (χ1n) is 10.5. The summed E-state index contributed by atoms with van der Waals surface area (Å²) in [5, 5.41) is 7.03. The first-order chi connectivity index (χ1) is 13.2. The molecule has 1 saturated carbocycles. The highest BCUT2D eigenvalue weighted by Gasteiger charge is 2.32. The first kappa shape index (κ1) is 18.5. The maximum absolute atomic E-state index is 12.9. The molecule has 1 atom stereocenters. The molecule has 1 saturated heterocycles. The van der Waals surface area contributed by atoms with Crippen molar-refractivity contribution in [1.82, 2.24) is 20.2 Å². The van der Waals surface area contributed by atoms with Crippen LogP contribution in [0.2, 0.25) is 0 Å². The number of fused-ring (bicyclic) bond motifs is 1. The number of carbonyl (C=O) groups is 1. The number of amides is 1. The molecule has 2 fully saturated rings. The van der Waals surface area contributed by atoms with Crippen LogP contribution in [0.5, 0.6) is 0 Å². The van der Waals surface area contributed by atoms with Gasteiger partial charge in [-0.05, 0) is 38.1 Å². The standard InChI is InChI=1S/C20H32N6O/c1-25-13-18(27)26(16-8-5-9-21-11-16)12-17-19(23-14-24-20(17)25)22-10-15-6-3-2-4-7-15/h14-16,21H,2-13H2,1H3,(H,22,23,24). The third-order valence-corrected chi connectivity index (χ3v) is 6.30. The van der Waals surface area contributed by atoms with E-state index in [0.717, 1.165) is 55.6 Å². The lowest BCUT2D eigenvalue weighted by Gasteiger charge is -2.34. The van der Waals surface area contributed by atoms with Crippen LogP contribution in [0.3, 0.4) is 0 Å². The molecule has 148 valence electrons. The molecule has 0 radical (unpaired) electrons. The molecule has 0 spiro atoms. The highest BCUT2D eigenvalue weighted by Crippen LogP contribution is 2.30. The second-order valence-corrected chi connectivity index (χ2v) is 8.29. The first-order valence-corrected chi connectivity index (χ1v) is 10.5. The zero-order valence-electron chi connectivity index (χ0n) is 16.4. The van der Waals surface area contributed by atoms with Crippen LogP contribution >= 0.6 is 0 Å². The van der Waals surface area contributed by atoms with E-state index in [0.29, 0.717) is 13.1 Å². The number of hydrogen-bond donors (Lipinski definition) is 2. The number of likely N-dealkylation sites (N-methyl/N-ethyl adjacent to an activating group) is 1. The van der Waals surface area contributed by atoms with Gasteiger partial charge in [-0.15, -0.1) is 0 Å². The van der Waals surface area contributed by atoms with Crippen LogP contribution in [0.1, 0.15) is 50.5 Å². The lowest BCUT2D eigenvalue weighted by atomic mass is 9.89. The van der Waals surface area contributed by atoms with Gasteiger partial charge in [-0.1, -0.05) is 19.3 Å². The van der Waals surface area contributed by atoms with Gasteiger partial charge in [0.25, 0.3) is 0 Å². The van der Waals surface area contributed by atoms with E-state index in [-0.39, 0.29) is 11.9 Å². The summed E-state index contributed by atoms with van der Waals surface area (Å²) in [6.45, 7) is 3.86. The van der Waals surface area contributed by atoms with Crippen LogP contribution in [0.15, 0.2) is 6.33 Å². The SMILES string of the molecule is CN1CC(=O)N(C2CCCNC2)Cc2c(NCC3CCCCC3)ncnc21. The molecule has 1 aromatic rings. The van der Waals surface area contributed by atoms with Gasteiger partial charge in [0.1, 0.15) is 18.0 Å². The Morgan fingerprint density at radius 1 is 1.15 bits per heavy atom. The molecule has 1 amide bonds. The second kappa shape index (κ2) is 8.42. The third-order valence-electron chi connectivity index (χ3n) is 6.30. The van der Waals surface area contributed by atoms with Crippen molar-refractivity contribution in [3.8, 4) is 0 Å². The smallest absolute Gasteiger partial charge is 0.242 e. The fourth-order valence-electron chi connectivity index (χ4n) is 4.72. The average Bonchev–Trinajstić information content (AvgIpc) is 2.84. The Morgan fingerprint density at radius 3 is 2.78 bits per heavy atom. The summed E-state index contributed by atoms with van der Waals surface area (Å²) in [6.07, 6.45) is 10.5. The molecule has 1 aliphatic carbocycles. The number of rotatable bonds is 4. The van der Waals surface area contributed by atoms with Gasteiger partial charge in [-0.2, -0.15) is 0 Å². The Hall–Kier alpha value is -1.89. The highest BCUT2D eigenvalue weighted by atomic mass is 16.2. The average molecular weight is 373 g/mol. The van der Waals surface area contributed by atoms with Crippen LogP contribution in [-0.4, -0.2) is 60.0 Å². The lowest BCUT2D eigenvalue weighted by molar-refractivity contribution is -0.132. The zero-order valence-corrected chi connectivity index (χ0v) is 16.4. The molecule has 4 rings (SSSR count). The molecule has 3 aliphatic rings. The van der Waals surface area contributed by atoms with Gasteiger partial charge in [-0.25, -0.2) is 9.97 Å². The van der Waals surface area contributed by atoms with Crippen LogP contribution in [0.25, 0.3) is 0 Å². The lowest BCUT2D eigenvalue weighted by Crippen LogP contribution is -2.49. The van der Waals surface area contributed by atoms with Gasteiger partial charge in [0, 0.05) is 26.2 Å². The number of piperidine rings is 1. The number of carbonyl (C=O) groups excluding carboxylic acids is 1. The van der Waals surface area contributed by atoms with Crippen LogP contribution in [0.4, 0.5) is 11.6 Å². The van der Waals surface area contributed by atoms with E-state index in [1.807, 2.05) is 16.8 Å². The molecular weight excluding hydrogens is 340 g/mol. The van der Waals surface area contributed by atoms with Crippen molar-refractivity contribution >= 4 is 17.5 Å². The molecule has 1 aromatic heterocycles. The van der Waals surface area contributed by atoms with Gasteiger partial charge >= 0.3 is 0 Å². The molecule has 2 N–H and O–H groups in total. The highest BCUT2D eigenvalue weighted by molar-refractivity contribution is 5.84. The van der Waals surface area contributed by atoms with Crippen molar-refractivity contribution < 1.29 is 4.79 Å². The Morgan fingerprint density at radius 2 is 2.00 bits per heavy atom. The minimum Gasteiger partial charge on any atom is -0.369 e. The molecule has 3 heterocycles. The van der Waals surface area contributed by atoms with Crippen molar-refractivity contribution in [3.63, 3.8) is 0 Å². The molecule has 27 heavy (non-hydrogen) atoms. The van der Waals surface area contributed by atoms with E-state index in [4.69, 9.17) is 0 Å². The minimum absolute atomic E-state index is 0.183. The predicted octanol–water partition coefficient (Wildman–Crippen LogP) is 2.00. The van der Waals surface area contributed by atoms with E-state index in [2.05, 4.69) is 20.6 Å². The number of hydrogen-bond acceptors (Lipinski definition) is 6. The van der Waals surface area contributed by atoms with Gasteiger partial charge in [0.2, 0.25) is 5.91 Å². The number of anilines is 2. The molecule has 0 bridgehead atoms. The normalized spacial score (nSPS) is 24.5. The molecule has 7 heteroatoms. The summed E-state index contributed by atoms with van der Waals surface area (Å²) >= 11 is 0. The summed E-state index contributed by atoms with van der Waals surface area (Å²) in [6, 6.07) is 0.261. The van der Waals surface area contributed by atoms with Gasteiger partial charge < -0.3 is 20.4 Å². The van der Waals surface area contributed by atoms with Crippen molar-refractivity contribution in [2.24, 2.45) is 5.92 Å². The summed E-state index contributed by atoms with van der Waals surface area (Å²) in [5.41, 5.74) is 1.06. The van der Waals surface area contributed by atoms with Gasteiger partial charge in [0.05, 0.1) is 18.7 Å². The van der Waals surface area contributed by atoms with Gasteiger partial charge in [0.15, 0.2) is 0 Å². The Bertz CT molecular complexity index is 654. The fourth-order valence-corrected chi connectivity index (χ4v) is 4.72. The second-order valence-electron chi connectivity index (χ2n) is 8.29. The molecule has 0 aromatic carbocycles. The van der Waals surface area contributed by atoms with Crippen LogP contribution in [-0.2, 0) is 11.3 Å². The van der Waals surface area contributed by atoms with E-state index in [9.17, 15) is 4.79 Å². The molecule has 7 nitrogen and oxygen atoms in total. The van der Waals surface area contributed by atoms with Crippen molar-refractivity contribution in [2.45, 2.75) is 57.5 Å². The monoisotopic (exact) mass is 372 g/mol. The van der Waals surface area contributed by atoms with E-state index in [1.54, 1.807) is 6.33 Å². The minimum atomic E-state index is 0.183. The fraction of sp³-hybridized carbons (Fsp3) is 0.750. The quantitative estimate of drug-likeness (QED) is 0.842. The van der Waals surface area contributed by atoms with E-state index >= 15 is 0 Å². The summed E-state index contributed by atoms with van der Waals surface area (Å²) in [7, 11) is 1.96. The van der Waals surface area contributed by atoms with Crippen molar-refractivity contribution in [2.75, 3.05) is 43.4 Å². The number of nitrogens with zero attached hydrogens (tertiary/aromatic N) is 4. The Kier molecular flexibility index (Phi) is 5.76. The van der Waals surface area contributed by atoms with E-state index in [1.165, 1.54) is 32.1 Å². The van der Waals surface area contributed by atoms with Crippen LogP contribution in [0, 0.1) is 5.92 Å². The third kappa shape index (κ3) is 4.18. The summed E-state index contributed by atoms with van der Waals surface area (Å²) in [5.74, 6) is 2.70. The van der Waals surface area contributed by atoms with Crippen LogP contribution < -0.4 is 15.5 Å². The largest absolute Gasteiger partial charge is 0.369 e. The molecule has 1 unspecified atom stereocenters. The predicted molar refractivity (Wildman–Crippen MR) is 107 cm³/mol. The maximum Gasteiger partial charge on any atom is 0.242 e. The number of aromatic nitrogens is 2. The zero-order chi connectivity index (χ0) is 18.6. The van der Waals surface area contributed by atoms with Gasteiger partial charge in [-0.3, -0.25) is 4.79 Å². The Labute approximate surface area is 161 Å². The summed E-state index contributed by atoms with van der Waals surface area (Å²) < 4.78 is 0. The molecule has 2 aliphatic heterocycles. The maximum atomic E-state index is 12.9. The Balaban J connectivity index is 1.55. The van der Waals surface area contributed by atoms with Crippen molar-refractivity contribution in [1.29, 1.82) is 0 Å². The summed E-state index contributed by atoms with van der Waals surface area (Å²) in [4.78, 5) is 26.0.